The second kappa shape index (κ2) is 11.1. The van der Waals surface area contributed by atoms with E-state index in [1.54, 1.807) is 5.06 Å². The zero-order valence-corrected chi connectivity index (χ0v) is 17.6. The fourth-order valence-electron chi connectivity index (χ4n) is 5.05. The molecule has 0 amide bonds. The molecule has 3 rings (SSSR count). The number of aliphatic carboxylic acids is 1. The number of rotatable bonds is 10. The van der Waals surface area contributed by atoms with Gasteiger partial charge in [0.2, 0.25) is 5.90 Å². The normalized spacial score (nSPS) is 26.0. The number of likely N-dealkylation sites (N-methyl/N-ethyl adjacent to an activating group) is 1. The van der Waals surface area contributed by atoms with Gasteiger partial charge in [-0.15, -0.1) is 5.06 Å². The van der Waals surface area contributed by atoms with Gasteiger partial charge in [-0.1, -0.05) is 64.2 Å². The van der Waals surface area contributed by atoms with Crippen LogP contribution in [-0.4, -0.2) is 47.8 Å². The molecule has 6 nitrogen and oxygen atoms in total. The van der Waals surface area contributed by atoms with Gasteiger partial charge < -0.3 is 15.3 Å². The van der Waals surface area contributed by atoms with Gasteiger partial charge in [0.1, 0.15) is 0 Å². The minimum atomic E-state index is -0.764. The predicted molar refractivity (Wildman–Crippen MR) is 111 cm³/mol. The van der Waals surface area contributed by atoms with Crippen molar-refractivity contribution in [1.29, 1.82) is 0 Å². The van der Waals surface area contributed by atoms with E-state index in [1.165, 1.54) is 70.6 Å². The number of hydrogen-bond donors (Lipinski definition) is 2. The third-order valence-electron chi connectivity index (χ3n) is 6.79. The molecule has 2 saturated carbocycles. The van der Waals surface area contributed by atoms with Crippen LogP contribution in [0.25, 0.3) is 0 Å². The van der Waals surface area contributed by atoms with Crippen LogP contribution in [-0.2, 0) is 9.63 Å². The summed E-state index contributed by atoms with van der Waals surface area (Å²) in [6.45, 7) is 0.770. The summed E-state index contributed by atoms with van der Waals surface area (Å²) in [4.78, 5) is 22.1. The maximum atomic E-state index is 11.4. The minimum Gasteiger partial charge on any atom is -0.481 e. The molecule has 0 aromatic rings. The second-order valence-corrected chi connectivity index (χ2v) is 9.06. The third kappa shape index (κ3) is 6.73. The molecule has 0 aromatic heterocycles. The Hall–Kier alpha value is -1.14. The van der Waals surface area contributed by atoms with Gasteiger partial charge >= 0.3 is 5.97 Å². The van der Waals surface area contributed by atoms with Crippen LogP contribution in [0.15, 0.2) is 4.99 Å². The van der Waals surface area contributed by atoms with Crippen molar-refractivity contribution in [2.24, 2.45) is 16.8 Å². The quantitative estimate of drug-likeness (QED) is 0.577. The van der Waals surface area contributed by atoms with Gasteiger partial charge in [-0.3, -0.25) is 4.79 Å². The summed E-state index contributed by atoms with van der Waals surface area (Å²) in [5.74, 6) is 0.591. The first-order chi connectivity index (χ1) is 13.6. The smallest absolute Gasteiger partial charge is 0.304 e. The topological polar surface area (TPSA) is 74.2 Å². The molecule has 6 heteroatoms. The van der Waals surface area contributed by atoms with Gasteiger partial charge in [-0.25, -0.2) is 4.99 Å². The number of carboxylic acids is 1. The highest BCUT2D eigenvalue weighted by Gasteiger charge is 2.32. The number of hydrogen-bond acceptors (Lipinski definition) is 5. The van der Waals surface area contributed by atoms with Crippen LogP contribution in [0.1, 0.15) is 89.9 Å². The van der Waals surface area contributed by atoms with E-state index < -0.39 is 5.97 Å². The van der Waals surface area contributed by atoms with Crippen molar-refractivity contribution in [3.63, 3.8) is 0 Å². The number of nitrogens with zero attached hydrogens (tertiary/aromatic N) is 2. The number of nitrogens with one attached hydrogen (secondary N) is 1. The van der Waals surface area contributed by atoms with Crippen LogP contribution in [0, 0.1) is 11.8 Å². The van der Waals surface area contributed by atoms with Crippen molar-refractivity contribution < 1.29 is 14.7 Å². The molecule has 0 bridgehead atoms. The summed E-state index contributed by atoms with van der Waals surface area (Å²) in [6, 6.07) is 0.590. The number of carboxylic acid groups (broad SMARTS) is 1. The molecule has 2 atom stereocenters. The molecular weight excluding hydrogens is 354 g/mol. The molecule has 28 heavy (non-hydrogen) atoms. The van der Waals surface area contributed by atoms with Crippen molar-refractivity contribution in [3.8, 4) is 0 Å². The van der Waals surface area contributed by atoms with Crippen molar-refractivity contribution in [2.75, 3.05) is 13.6 Å². The monoisotopic (exact) mass is 393 g/mol. The molecule has 2 aliphatic carbocycles. The summed E-state index contributed by atoms with van der Waals surface area (Å²) < 4.78 is 0. The Kier molecular flexibility index (Phi) is 8.59. The van der Waals surface area contributed by atoms with Crippen LogP contribution in [0.3, 0.4) is 0 Å². The number of hydroxylamine groups is 2. The molecule has 160 valence electrons. The SMILES string of the molecule is CN1OC([C@H](CCCC2CCCCC2)CC(=O)O)=NC1CNC1CCCCC1. The fourth-order valence-corrected chi connectivity index (χ4v) is 5.05. The van der Waals surface area contributed by atoms with Gasteiger partial charge in [0.15, 0.2) is 6.17 Å². The highest BCUT2D eigenvalue weighted by Crippen LogP contribution is 2.30. The molecule has 0 saturated heterocycles. The molecule has 1 unspecified atom stereocenters. The van der Waals surface area contributed by atoms with E-state index in [-0.39, 0.29) is 18.5 Å². The van der Waals surface area contributed by atoms with Crippen LogP contribution >= 0.6 is 0 Å². The summed E-state index contributed by atoms with van der Waals surface area (Å²) in [5, 5.41) is 14.8. The summed E-state index contributed by atoms with van der Waals surface area (Å²) in [5.41, 5.74) is 0. The maximum absolute atomic E-state index is 11.4. The Morgan fingerprint density at radius 2 is 1.86 bits per heavy atom. The van der Waals surface area contributed by atoms with E-state index in [1.807, 2.05) is 7.05 Å². The molecule has 3 aliphatic rings. The molecular formula is C22H39N3O3. The standard InChI is InChI=1S/C22H39N3O3/c1-25-20(16-23-19-13-6-3-7-14-19)24-22(28-25)18(15-21(26)27)12-8-11-17-9-4-2-5-10-17/h17-20,23H,2-16H2,1H3,(H,26,27)/t18-,20?/m1/s1. The van der Waals surface area contributed by atoms with Crippen molar-refractivity contribution >= 4 is 11.9 Å². The molecule has 0 aromatic carbocycles. The zero-order valence-electron chi connectivity index (χ0n) is 17.6. The minimum absolute atomic E-state index is 0.0495. The van der Waals surface area contributed by atoms with Gasteiger partial charge in [0, 0.05) is 25.6 Å². The van der Waals surface area contributed by atoms with Crippen LogP contribution in [0.2, 0.25) is 0 Å². The van der Waals surface area contributed by atoms with E-state index >= 15 is 0 Å². The average molecular weight is 394 g/mol. The van der Waals surface area contributed by atoms with Crippen molar-refractivity contribution in [2.45, 2.75) is 102 Å². The van der Waals surface area contributed by atoms with E-state index in [2.05, 4.69) is 5.32 Å². The summed E-state index contributed by atoms with van der Waals surface area (Å²) in [6.07, 6.45) is 16.5. The van der Waals surface area contributed by atoms with Crippen molar-refractivity contribution in [3.05, 3.63) is 0 Å². The van der Waals surface area contributed by atoms with Gasteiger partial charge in [0.05, 0.1) is 6.42 Å². The summed E-state index contributed by atoms with van der Waals surface area (Å²) in [7, 11) is 1.91. The lowest BCUT2D eigenvalue weighted by molar-refractivity contribution is -0.138. The van der Waals surface area contributed by atoms with E-state index in [0.717, 1.165) is 25.3 Å². The number of aliphatic imine (C=N–C) groups is 1. The lowest BCUT2D eigenvalue weighted by Crippen LogP contribution is -2.40. The first kappa shape index (κ1) is 21.6. The Labute approximate surface area is 170 Å². The molecule has 0 radical (unpaired) electrons. The Morgan fingerprint density at radius 1 is 1.18 bits per heavy atom. The van der Waals surface area contributed by atoms with E-state index in [9.17, 15) is 9.90 Å². The lowest BCUT2D eigenvalue weighted by atomic mass is 9.84. The number of carbonyl (C=O) groups is 1. The van der Waals surface area contributed by atoms with E-state index in [4.69, 9.17) is 9.83 Å². The van der Waals surface area contributed by atoms with E-state index in [0.29, 0.717) is 11.9 Å². The fraction of sp³-hybridized carbons (Fsp3) is 0.909. The van der Waals surface area contributed by atoms with Gasteiger partial charge in [-0.2, -0.15) is 0 Å². The highest BCUT2D eigenvalue weighted by molar-refractivity contribution is 5.83. The molecule has 1 aliphatic heterocycles. The first-order valence-corrected chi connectivity index (χ1v) is 11.6. The van der Waals surface area contributed by atoms with Gasteiger partial charge in [-0.05, 0) is 25.2 Å². The van der Waals surface area contributed by atoms with Crippen molar-refractivity contribution in [1.82, 2.24) is 10.4 Å². The predicted octanol–water partition coefficient (Wildman–Crippen LogP) is 4.35. The Balaban J connectivity index is 1.49. The Morgan fingerprint density at radius 3 is 2.54 bits per heavy atom. The lowest BCUT2D eigenvalue weighted by Gasteiger charge is -2.25. The largest absolute Gasteiger partial charge is 0.481 e. The molecule has 2 fully saturated rings. The maximum Gasteiger partial charge on any atom is 0.304 e. The molecule has 0 spiro atoms. The molecule has 1 heterocycles. The third-order valence-corrected chi connectivity index (χ3v) is 6.79. The zero-order chi connectivity index (χ0) is 19.8. The average Bonchev–Trinajstić information content (AvgIpc) is 3.07. The second-order valence-electron chi connectivity index (χ2n) is 9.06. The van der Waals surface area contributed by atoms with Crippen LogP contribution < -0.4 is 5.32 Å². The summed E-state index contributed by atoms with van der Waals surface area (Å²) >= 11 is 0. The molecule has 2 N–H and O–H groups in total. The Bertz CT molecular complexity index is 513. The first-order valence-electron chi connectivity index (χ1n) is 11.6. The van der Waals surface area contributed by atoms with Crippen LogP contribution in [0.5, 0.6) is 0 Å². The van der Waals surface area contributed by atoms with Gasteiger partial charge in [0.25, 0.3) is 0 Å². The van der Waals surface area contributed by atoms with Crippen LogP contribution in [0.4, 0.5) is 0 Å². The highest BCUT2D eigenvalue weighted by atomic mass is 16.7.